The van der Waals surface area contributed by atoms with Gasteiger partial charge >= 0.3 is 5.30 Å². The zero-order chi connectivity index (χ0) is 11.8. The fourth-order valence-corrected chi connectivity index (χ4v) is 2.00. The topological polar surface area (TPSA) is 89.9 Å². The molecule has 0 fully saturated rings. The molecule has 0 aliphatic carbocycles. The number of fused-ring (bicyclic) bond motifs is 1. The van der Waals surface area contributed by atoms with Crippen molar-refractivity contribution in [2.75, 3.05) is 13.2 Å². The van der Waals surface area contributed by atoms with Gasteiger partial charge in [-0.05, 0) is 12.1 Å². The Bertz CT molecular complexity index is 533. The quantitative estimate of drug-likeness (QED) is 0.789. The molecule has 1 heterocycles. The molecule has 0 saturated heterocycles. The van der Waals surface area contributed by atoms with E-state index in [2.05, 4.69) is 0 Å². The summed E-state index contributed by atoms with van der Waals surface area (Å²) >= 11 is 0. The second kappa shape index (κ2) is 3.67. The van der Waals surface area contributed by atoms with E-state index >= 15 is 0 Å². The van der Waals surface area contributed by atoms with Gasteiger partial charge in [-0.25, -0.2) is 13.2 Å². The van der Waals surface area contributed by atoms with Crippen molar-refractivity contribution in [3.63, 3.8) is 0 Å². The summed E-state index contributed by atoms with van der Waals surface area (Å²) in [5.74, 6) is 0.657. The van der Waals surface area contributed by atoms with Crippen LogP contribution < -0.4 is 9.47 Å². The van der Waals surface area contributed by atoms with Gasteiger partial charge in [0.15, 0.2) is 11.5 Å². The smallest absolute Gasteiger partial charge is 0.427 e. The van der Waals surface area contributed by atoms with E-state index < -0.39 is 15.1 Å². The van der Waals surface area contributed by atoms with Crippen LogP contribution in [0.2, 0.25) is 0 Å². The Kier molecular flexibility index (Phi) is 2.47. The van der Waals surface area contributed by atoms with E-state index in [1.807, 2.05) is 0 Å². The average molecular weight is 244 g/mol. The molecule has 2 rings (SSSR count). The van der Waals surface area contributed by atoms with E-state index in [0.29, 0.717) is 19.0 Å². The molecule has 7 heteroatoms. The summed E-state index contributed by atoms with van der Waals surface area (Å²) in [4.78, 5) is 10.2. The number of carbonyl (C=O) groups is 1. The lowest BCUT2D eigenvalue weighted by atomic mass is 10.3. The summed E-state index contributed by atoms with van der Waals surface area (Å²) in [6.45, 7) is 0.696. The van der Waals surface area contributed by atoms with Crippen LogP contribution in [0.15, 0.2) is 23.1 Å². The minimum atomic E-state index is -4.33. The first kappa shape index (κ1) is 10.7. The van der Waals surface area contributed by atoms with E-state index in [4.69, 9.17) is 14.6 Å². The fraction of sp³-hybridized carbons (Fsp3) is 0.222. The Balaban J connectivity index is 2.49. The Hall–Kier alpha value is -1.76. The third kappa shape index (κ3) is 1.69. The van der Waals surface area contributed by atoms with Crippen LogP contribution in [-0.2, 0) is 9.84 Å². The van der Waals surface area contributed by atoms with Gasteiger partial charge in [-0.2, -0.15) is 0 Å². The predicted molar refractivity (Wildman–Crippen MR) is 52.6 cm³/mol. The minimum Gasteiger partial charge on any atom is -0.486 e. The molecule has 0 amide bonds. The number of rotatable bonds is 1. The summed E-state index contributed by atoms with van der Waals surface area (Å²) in [7, 11) is -4.33. The molecule has 1 aromatic rings. The van der Waals surface area contributed by atoms with E-state index in [1.165, 1.54) is 12.1 Å². The minimum absolute atomic E-state index is 0.244. The van der Waals surface area contributed by atoms with Crippen LogP contribution >= 0.6 is 0 Å². The molecule has 1 aliphatic heterocycles. The van der Waals surface area contributed by atoms with Gasteiger partial charge in [0.25, 0.3) is 9.84 Å². The molecule has 0 unspecified atom stereocenters. The maximum Gasteiger partial charge on any atom is 0.427 e. The fourth-order valence-electron chi connectivity index (χ4n) is 1.29. The zero-order valence-corrected chi connectivity index (χ0v) is 8.86. The molecular weight excluding hydrogens is 236 g/mol. The van der Waals surface area contributed by atoms with Crippen molar-refractivity contribution < 1.29 is 27.8 Å². The first-order valence-electron chi connectivity index (χ1n) is 4.39. The van der Waals surface area contributed by atoms with Crippen molar-refractivity contribution >= 4 is 15.1 Å². The monoisotopic (exact) mass is 244 g/mol. The maximum atomic E-state index is 11.3. The Labute approximate surface area is 91.3 Å². The zero-order valence-electron chi connectivity index (χ0n) is 8.04. The van der Waals surface area contributed by atoms with Crippen molar-refractivity contribution in [1.29, 1.82) is 0 Å². The SMILES string of the molecule is O=C(O)S(=O)(=O)c1ccc2c(c1)OCCO2. The molecule has 6 nitrogen and oxygen atoms in total. The molecule has 0 saturated carbocycles. The van der Waals surface area contributed by atoms with E-state index in [0.717, 1.165) is 6.07 Å². The maximum absolute atomic E-state index is 11.3. The standard InChI is InChI=1S/C9H8O6S/c10-9(11)16(12,13)6-1-2-7-8(5-6)15-4-3-14-7/h1-2,5H,3-4H2,(H,10,11). The Morgan fingerprint density at radius 2 is 1.81 bits per heavy atom. The van der Waals surface area contributed by atoms with Gasteiger partial charge in [-0.1, -0.05) is 0 Å². The van der Waals surface area contributed by atoms with Crippen LogP contribution in [0.4, 0.5) is 4.79 Å². The van der Waals surface area contributed by atoms with E-state index in [-0.39, 0.29) is 10.6 Å². The van der Waals surface area contributed by atoms with Crippen LogP contribution in [0.25, 0.3) is 0 Å². The summed E-state index contributed by atoms with van der Waals surface area (Å²) in [5.41, 5.74) is 0. The lowest BCUT2D eigenvalue weighted by Gasteiger charge is -2.18. The van der Waals surface area contributed by atoms with Gasteiger partial charge in [0, 0.05) is 6.07 Å². The lowest BCUT2D eigenvalue weighted by Crippen LogP contribution is -2.17. The molecule has 0 spiro atoms. The summed E-state index contributed by atoms with van der Waals surface area (Å²) in [5, 5.41) is 6.65. The first-order chi connectivity index (χ1) is 7.51. The number of carboxylic acid groups (broad SMARTS) is 1. The molecule has 1 aromatic carbocycles. The van der Waals surface area contributed by atoms with Gasteiger partial charge in [0.1, 0.15) is 13.2 Å². The number of hydrogen-bond acceptors (Lipinski definition) is 5. The highest BCUT2D eigenvalue weighted by Gasteiger charge is 2.26. The van der Waals surface area contributed by atoms with Crippen LogP contribution in [0.5, 0.6) is 11.5 Å². The predicted octanol–water partition coefficient (Wildman–Crippen LogP) is 0.910. The first-order valence-corrected chi connectivity index (χ1v) is 5.88. The highest BCUT2D eigenvalue weighted by Crippen LogP contribution is 2.32. The third-order valence-corrected chi connectivity index (χ3v) is 3.39. The molecule has 1 aliphatic rings. The largest absolute Gasteiger partial charge is 0.486 e. The van der Waals surface area contributed by atoms with E-state index in [1.54, 1.807) is 0 Å². The molecule has 0 aromatic heterocycles. The Morgan fingerprint density at radius 3 is 2.44 bits per heavy atom. The molecule has 1 N–H and O–H groups in total. The highest BCUT2D eigenvalue weighted by molar-refractivity contribution is 8.05. The summed E-state index contributed by atoms with van der Waals surface area (Å²) in [6.07, 6.45) is 0. The van der Waals surface area contributed by atoms with Crippen LogP contribution in [0.3, 0.4) is 0 Å². The molecule has 0 bridgehead atoms. The Morgan fingerprint density at radius 1 is 1.19 bits per heavy atom. The molecule has 86 valence electrons. The van der Waals surface area contributed by atoms with Crippen LogP contribution in [0, 0.1) is 0 Å². The van der Waals surface area contributed by atoms with Gasteiger partial charge in [-0.3, -0.25) is 0 Å². The highest BCUT2D eigenvalue weighted by atomic mass is 32.2. The second-order valence-electron chi connectivity index (χ2n) is 3.07. The summed E-state index contributed by atoms with van der Waals surface area (Å²) in [6, 6.07) is 3.71. The van der Waals surface area contributed by atoms with Crippen molar-refractivity contribution in [3.05, 3.63) is 18.2 Å². The molecule has 0 radical (unpaired) electrons. The van der Waals surface area contributed by atoms with Gasteiger partial charge in [0.05, 0.1) is 4.90 Å². The lowest BCUT2D eigenvalue weighted by molar-refractivity contribution is 0.171. The van der Waals surface area contributed by atoms with Crippen molar-refractivity contribution in [3.8, 4) is 11.5 Å². The summed E-state index contributed by atoms with van der Waals surface area (Å²) < 4.78 is 33.0. The number of sulfone groups is 1. The number of hydrogen-bond donors (Lipinski definition) is 1. The third-order valence-electron chi connectivity index (χ3n) is 2.05. The van der Waals surface area contributed by atoms with Gasteiger partial charge < -0.3 is 14.6 Å². The second-order valence-corrected chi connectivity index (χ2v) is 4.90. The average Bonchev–Trinajstić information content (AvgIpc) is 2.28. The van der Waals surface area contributed by atoms with Crippen molar-refractivity contribution in [1.82, 2.24) is 0 Å². The van der Waals surface area contributed by atoms with Gasteiger partial charge in [0.2, 0.25) is 0 Å². The number of benzene rings is 1. The number of ether oxygens (including phenoxy) is 2. The van der Waals surface area contributed by atoms with E-state index in [9.17, 15) is 13.2 Å². The molecular formula is C9H8O6S. The normalized spacial score (nSPS) is 14.5. The van der Waals surface area contributed by atoms with Crippen LogP contribution in [-0.4, -0.2) is 32.0 Å². The van der Waals surface area contributed by atoms with Gasteiger partial charge in [-0.15, -0.1) is 0 Å². The van der Waals surface area contributed by atoms with Crippen molar-refractivity contribution in [2.24, 2.45) is 0 Å². The van der Waals surface area contributed by atoms with Crippen molar-refractivity contribution in [2.45, 2.75) is 4.90 Å². The molecule has 16 heavy (non-hydrogen) atoms. The molecule has 0 atom stereocenters. The van der Waals surface area contributed by atoms with Crippen LogP contribution in [0.1, 0.15) is 0 Å².